The molecule has 0 amide bonds. The van der Waals surface area contributed by atoms with Gasteiger partial charge in [-0.1, -0.05) is 12.5 Å². The summed E-state index contributed by atoms with van der Waals surface area (Å²) >= 11 is 0. The third-order valence-electron chi connectivity index (χ3n) is 3.37. The maximum atomic E-state index is 13.0. The molecule has 0 radical (unpaired) electrons. The minimum absolute atomic E-state index is 0. The molecule has 8 heteroatoms. The van der Waals surface area contributed by atoms with Gasteiger partial charge in [0.1, 0.15) is 0 Å². The largest absolute Gasteiger partial charge is 0.416 e. The van der Waals surface area contributed by atoms with Crippen LogP contribution in [0.3, 0.4) is 0 Å². The van der Waals surface area contributed by atoms with Crippen molar-refractivity contribution in [1.82, 2.24) is 5.32 Å². The molecule has 0 bridgehead atoms. The number of hydrogen-bond acceptors (Lipinski definition) is 1. The molecule has 0 aliphatic carbocycles. The number of piperidine rings is 1. The average molecular weight is 334 g/mol. The van der Waals surface area contributed by atoms with E-state index >= 15 is 0 Å². The van der Waals surface area contributed by atoms with Crippen LogP contribution in [0.15, 0.2) is 18.2 Å². The molecule has 1 aromatic rings. The third-order valence-corrected chi connectivity index (χ3v) is 3.37. The topological polar surface area (TPSA) is 12.0 Å². The van der Waals surface area contributed by atoms with E-state index in [1.807, 2.05) is 0 Å². The average Bonchev–Trinajstić information content (AvgIpc) is 2.37. The zero-order valence-corrected chi connectivity index (χ0v) is 11.6. The van der Waals surface area contributed by atoms with Crippen molar-refractivity contribution >= 4 is 12.4 Å². The number of alkyl halides is 6. The van der Waals surface area contributed by atoms with Gasteiger partial charge in [0.25, 0.3) is 0 Å². The van der Waals surface area contributed by atoms with Gasteiger partial charge < -0.3 is 5.32 Å². The summed E-state index contributed by atoms with van der Waals surface area (Å²) in [6.45, 7) is 0.572. The Balaban J connectivity index is 0.00000220. The number of halogens is 7. The van der Waals surface area contributed by atoms with Gasteiger partial charge in [-0.25, -0.2) is 0 Å². The Bertz CT molecular complexity index is 477. The van der Waals surface area contributed by atoms with Crippen LogP contribution in [0.5, 0.6) is 0 Å². The van der Waals surface area contributed by atoms with Crippen molar-refractivity contribution in [1.29, 1.82) is 0 Å². The molecular formula is C13H14ClF6N. The van der Waals surface area contributed by atoms with E-state index < -0.39 is 29.5 Å². The minimum atomic E-state index is -4.80. The lowest BCUT2D eigenvalue weighted by atomic mass is 9.92. The molecule has 1 atom stereocenters. The van der Waals surface area contributed by atoms with E-state index in [-0.39, 0.29) is 24.0 Å². The fourth-order valence-electron chi connectivity index (χ4n) is 2.40. The van der Waals surface area contributed by atoms with E-state index in [2.05, 4.69) is 5.32 Å². The Hall–Kier alpha value is -0.950. The van der Waals surface area contributed by atoms with E-state index in [9.17, 15) is 26.3 Å². The predicted octanol–water partition coefficient (Wildman–Crippen LogP) is 4.96. The molecule has 1 nitrogen and oxygen atoms in total. The normalized spacial score (nSPS) is 20.0. The molecule has 1 heterocycles. The molecule has 1 aromatic carbocycles. The minimum Gasteiger partial charge on any atom is -0.310 e. The van der Waals surface area contributed by atoms with Crippen molar-refractivity contribution in [2.45, 2.75) is 37.7 Å². The Morgan fingerprint density at radius 1 is 0.952 bits per heavy atom. The van der Waals surface area contributed by atoms with Gasteiger partial charge in [0.15, 0.2) is 0 Å². The number of rotatable bonds is 1. The first-order chi connectivity index (χ1) is 9.19. The summed E-state index contributed by atoms with van der Waals surface area (Å²) in [6.07, 6.45) is -7.46. The standard InChI is InChI=1S/C13H13F6N.ClH/c14-12(15,16)8-4-5-9(10(7-8)13(17,18)19)11-3-1-2-6-20-11;/h4-5,7,11,20H,1-3,6H2;1H/t11-;/m0./s1. The first kappa shape index (κ1) is 18.1. The van der Waals surface area contributed by atoms with Crippen LogP contribution in [0, 0.1) is 0 Å². The molecule has 2 rings (SSSR count). The third kappa shape index (κ3) is 4.26. The van der Waals surface area contributed by atoms with Crippen LogP contribution in [-0.2, 0) is 12.4 Å². The molecule has 1 fully saturated rings. The fraction of sp³-hybridized carbons (Fsp3) is 0.538. The molecule has 0 spiro atoms. The van der Waals surface area contributed by atoms with E-state index in [1.165, 1.54) is 0 Å². The second-order valence-corrected chi connectivity index (χ2v) is 4.80. The maximum Gasteiger partial charge on any atom is 0.416 e. The van der Waals surface area contributed by atoms with Crippen LogP contribution < -0.4 is 5.32 Å². The van der Waals surface area contributed by atoms with Crippen molar-refractivity contribution < 1.29 is 26.3 Å². The summed E-state index contributed by atoms with van der Waals surface area (Å²) in [5.74, 6) is 0. The van der Waals surface area contributed by atoms with Gasteiger partial charge in [-0.3, -0.25) is 0 Å². The van der Waals surface area contributed by atoms with E-state index in [1.54, 1.807) is 0 Å². The lowest BCUT2D eigenvalue weighted by Gasteiger charge is -2.27. The summed E-state index contributed by atoms with van der Waals surface area (Å²) in [6, 6.07) is 1.31. The van der Waals surface area contributed by atoms with Crippen molar-refractivity contribution in [3.8, 4) is 0 Å². The molecule has 1 saturated heterocycles. The van der Waals surface area contributed by atoms with Gasteiger partial charge in [-0.2, -0.15) is 26.3 Å². The zero-order valence-electron chi connectivity index (χ0n) is 10.8. The quantitative estimate of drug-likeness (QED) is 0.716. The van der Waals surface area contributed by atoms with Gasteiger partial charge in [0.2, 0.25) is 0 Å². The molecule has 21 heavy (non-hydrogen) atoms. The highest BCUT2D eigenvalue weighted by molar-refractivity contribution is 5.85. The summed E-state index contributed by atoms with van der Waals surface area (Å²) in [4.78, 5) is 0. The summed E-state index contributed by atoms with van der Waals surface area (Å²) < 4.78 is 76.6. The Kier molecular flexibility index (Phi) is 5.55. The van der Waals surface area contributed by atoms with Crippen LogP contribution in [0.2, 0.25) is 0 Å². The van der Waals surface area contributed by atoms with Gasteiger partial charge in [-0.15, -0.1) is 12.4 Å². The number of nitrogens with one attached hydrogen (secondary N) is 1. The highest BCUT2D eigenvalue weighted by atomic mass is 35.5. The van der Waals surface area contributed by atoms with Crippen molar-refractivity contribution in [2.75, 3.05) is 6.54 Å². The summed E-state index contributed by atoms with van der Waals surface area (Å²) in [5.41, 5.74) is -2.58. The van der Waals surface area contributed by atoms with Gasteiger partial charge in [-0.05, 0) is 37.1 Å². The van der Waals surface area contributed by atoms with Crippen LogP contribution in [-0.4, -0.2) is 6.54 Å². The van der Waals surface area contributed by atoms with Crippen molar-refractivity contribution in [3.05, 3.63) is 34.9 Å². The smallest absolute Gasteiger partial charge is 0.310 e. The van der Waals surface area contributed by atoms with E-state index in [0.29, 0.717) is 19.0 Å². The predicted molar refractivity (Wildman–Crippen MR) is 68.3 cm³/mol. The molecule has 120 valence electrons. The lowest BCUT2D eigenvalue weighted by Crippen LogP contribution is -2.29. The Morgan fingerprint density at radius 3 is 2.10 bits per heavy atom. The molecule has 0 aromatic heterocycles. The van der Waals surface area contributed by atoms with E-state index in [4.69, 9.17) is 0 Å². The SMILES string of the molecule is Cl.FC(F)(F)c1ccc([C@@H]2CCCCN2)c(C(F)(F)F)c1. The molecular weight excluding hydrogens is 320 g/mol. The Labute approximate surface area is 124 Å². The van der Waals surface area contributed by atoms with Crippen molar-refractivity contribution in [3.63, 3.8) is 0 Å². The molecule has 1 aliphatic heterocycles. The first-order valence-corrected chi connectivity index (χ1v) is 6.21. The summed E-state index contributed by atoms with van der Waals surface area (Å²) in [5, 5.41) is 2.92. The summed E-state index contributed by atoms with van der Waals surface area (Å²) in [7, 11) is 0. The van der Waals surface area contributed by atoms with Crippen LogP contribution >= 0.6 is 12.4 Å². The molecule has 0 unspecified atom stereocenters. The molecule has 1 N–H and O–H groups in total. The first-order valence-electron chi connectivity index (χ1n) is 6.21. The molecule has 1 aliphatic rings. The van der Waals surface area contributed by atoms with Crippen LogP contribution in [0.1, 0.15) is 42.0 Å². The van der Waals surface area contributed by atoms with Crippen LogP contribution in [0.25, 0.3) is 0 Å². The second-order valence-electron chi connectivity index (χ2n) is 4.80. The maximum absolute atomic E-state index is 13.0. The fourth-order valence-corrected chi connectivity index (χ4v) is 2.40. The van der Waals surface area contributed by atoms with Gasteiger partial charge in [0.05, 0.1) is 11.1 Å². The van der Waals surface area contributed by atoms with Crippen LogP contribution in [0.4, 0.5) is 26.3 Å². The van der Waals surface area contributed by atoms with Gasteiger partial charge >= 0.3 is 12.4 Å². The number of benzene rings is 1. The Morgan fingerprint density at radius 2 is 1.62 bits per heavy atom. The highest BCUT2D eigenvalue weighted by Gasteiger charge is 2.39. The molecule has 0 saturated carbocycles. The lowest BCUT2D eigenvalue weighted by molar-refractivity contribution is -0.143. The monoisotopic (exact) mass is 333 g/mol. The number of hydrogen-bond donors (Lipinski definition) is 1. The second kappa shape index (κ2) is 6.44. The van der Waals surface area contributed by atoms with E-state index in [0.717, 1.165) is 18.9 Å². The van der Waals surface area contributed by atoms with Gasteiger partial charge in [0, 0.05) is 6.04 Å². The van der Waals surface area contributed by atoms with Crippen molar-refractivity contribution in [2.24, 2.45) is 0 Å². The highest BCUT2D eigenvalue weighted by Crippen LogP contribution is 2.40. The zero-order chi connectivity index (χ0) is 15.0.